The topological polar surface area (TPSA) is 35.5 Å². The summed E-state index contributed by atoms with van der Waals surface area (Å²) in [5.74, 6) is 0.125. The third-order valence-corrected chi connectivity index (χ3v) is 3.32. The van der Waals surface area contributed by atoms with Crippen molar-refractivity contribution in [1.82, 2.24) is 0 Å². The molecule has 0 bridgehead atoms. The van der Waals surface area contributed by atoms with Crippen LogP contribution in [-0.4, -0.2) is 25.3 Å². The van der Waals surface area contributed by atoms with Gasteiger partial charge in [0.1, 0.15) is 5.78 Å². The van der Waals surface area contributed by atoms with Crippen molar-refractivity contribution in [3.63, 3.8) is 0 Å². The highest BCUT2D eigenvalue weighted by molar-refractivity contribution is 7.16. The van der Waals surface area contributed by atoms with E-state index in [4.69, 9.17) is 21.1 Å². The monoisotopic (exact) mass is 246 g/mol. The van der Waals surface area contributed by atoms with E-state index in [1.165, 1.54) is 11.3 Å². The zero-order valence-corrected chi connectivity index (χ0v) is 9.64. The largest absolute Gasteiger partial charge is 0.350 e. The van der Waals surface area contributed by atoms with Crippen molar-refractivity contribution in [2.24, 2.45) is 0 Å². The molecule has 5 heteroatoms. The van der Waals surface area contributed by atoms with E-state index in [-0.39, 0.29) is 12.1 Å². The SMILES string of the molecule is O=C(Cc1ccc(Cl)s1)CC1OCCO1. The fourth-order valence-electron chi connectivity index (χ4n) is 1.42. The number of halogens is 1. The van der Waals surface area contributed by atoms with Crippen LogP contribution in [0.25, 0.3) is 0 Å². The first-order valence-electron chi connectivity index (χ1n) is 4.73. The Morgan fingerprint density at radius 3 is 2.80 bits per heavy atom. The Balaban J connectivity index is 1.81. The van der Waals surface area contributed by atoms with Gasteiger partial charge in [0.25, 0.3) is 0 Å². The van der Waals surface area contributed by atoms with Crippen molar-refractivity contribution >= 4 is 28.7 Å². The Kier molecular flexibility index (Phi) is 3.75. The van der Waals surface area contributed by atoms with Crippen molar-refractivity contribution < 1.29 is 14.3 Å². The summed E-state index contributed by atoms with van der Waals surface area (Å²) in [5.41, 5.74) is 0. The molecule has 0 spiro atoms. The van der Waals surface area contributed by atoms with Crippen LogP contribution in [-0.2, 0) is 20.7 Å². The predicted octanol–water partition coefficient (Wildman–Crippen LogP) is 2.28. The van der Waals surface area contributed by atoms with E-state index in [0.717, 1.165) is 4.88 Å². The van der Waals surface area contributed by atoms with Crippen LogP contribution in [0.5, 0.6) is 0 Å². The lowest BCUT2D eigenvalue weighted by molar-refractivity contribution is -0.126. The average molecular weight is 247 g/mol. The molecule has 3 nitrogen and oxygen atoms in total. The molecule has 1 fully saturated rings. The van der Waals surface area contributed by atoms with Gasteiger partial charge in [-0.1, -0.05) is 11.6 Å². The highest BCUT2D eigenvalue weighted by atomic mass is 35.5. The van der Waals surface area contributed by atoms with Crippen molar-refractivity contribution in [2.75, 3.05) is 13.2 Å². The van der Waals surface area contributed by atoms with Crippen LogP contribution >= 0.6 is 22.9 Å². The molecule has 0 atom stereocenters. The lowest BCUT2D eigenvalue weighted by Gasteiger charge is -2.06. The number of Topliss-reactive ketones (excluding diaryl/α,β-unsaturated/α-hetero) is 1. The van der Waals surface area contributed by atoms with Crippen molar-refractivity contribution in [2.45, 2.75) is 19.1 Å². The number of carbonyl (C=O) groups is 1. The van der Waals surface area contributed by atoms with Gasteiger partial charge in [0, 0.05) is 11.3 Å². The number of carbonyl (C=O) groups excluding carboxylic acids is 1. The van der Waals surface area contributed by atoms with Gasteiger partial charge in [0.05, 0.1) is 24.0 Å². The molecule has 0 aliphatic carbocycles. The standard InChI is InChI=1S/C10H11ClO3S/c11-9-2-1-8(15-9)5-7(12)6-10-13-3-4-14-10/h1-2,10H,3-6H2. The van der Waals surface area contributed by atoms with E-state index in [1.54, 1.807) is 6.07 Å². The third kappa shape index (κ3) is 3.28. The predicted molar refractivity (Wildman–Crippen MR) is 58.3 cm³/mol. The third-order valence-electron chi connectivity index (χ3n) is 2.09. The van der Waals surface area contributed by atoms with Crippen LogP contribution in [0.1, 0.15) is 11.3 Å². The highest BCUT2D eigenvalue weighted by Gasteiger charge is 2.19. The zero-order valence-electron chi connectivity index (χ0n) is 8.07. The lowest BCUT2D eigenvalue weighted by atomic mass is 10.2. The van der Waals surface area contributed by atoms with Gasteiger partial charge in [-0.05, 0) is 12.1 Å². The quantitative estimate of drug-likeness (QED) is 0.818. The Labute approximate surface area is 96.9 Å². The Morgan fingerprint density at radius 2 is 2.20 bits per heavy atom. The minimum Gasteiger partial charge on any atom is -0.350 e. The molecule has 2 rings (SSSR count). The van der Waals surface area contributed by atoms with E-state index in [9.17, 15) is 4.79 Å². The maximum absolute atomic E-state index is 11.6. The van der Waals surface area contributed by atoms with Crippen LogP contribution < -0.4 is 0 Å². The first-order chi connectivity index (χ1) is 7.24. The first-order valence-corrected chi connectivity index (χ1v) is 5.92. The second-order valence-electron chi connectivity index (χ2n) is 3.30. The minimum absolute atomic E-state index is 0.125. The number of hydrogen-bond donors (Lipinski definition) is 0. The molecule has 1 aromatic heterocycles. The molecule has 0 saturated carbocycles. The molecule has 2 heterocycles. The van der Waals surface area contributed by atoms with Gasteiger partial charge in [0.2, 0.25) is 0 Å². The maximum atomic E-state index is 11.6. The number of rotatable bonds is 4. The molecule has 1 aromatic rings. The molecule has 1 saturated heterocycles. The van der Waals surface area contributed by atoms with Crippen molar-refractivity contribution in [3.8, 4) is 0 Å². The van der Waals surface area contributed by atoms with Crippen LogP contribution in [0.15, 0.2) is 12.1 Å². The van der Waals surface area contributed by atoms with Gasteiger partial charge in [-0.3, -0.25) is 4.79 Å². The summed E-state index contributed by atoms with van der Waals surface area (Å²) < 4.78 is 11.1. The fraction of sp³-hybridized carbons (Fsp3) is 0.500. The Bertz CT molecular complexity index is 344. The zero-order chi connectivity index (χ0) is 10.7. The van der Waals surface area contributed by atoms with Crippen LogP contribution in [0.2, 0.25) is 4.34 Å². The molecule has 0 N–H and O–H groups in total. The van der Waals surface area contributed by atoms with E-state index in [0.29, 0.717) is 30.4 Å². The van der Waals surface area contributed by atoms with E-state index >= 15 is 0 Å². The second-order valence-corrected chi connectivity index (χ2v) is 5.10. The van der Waals surface area contributed by atoms with E-state index < -0.39 is 0 Å². The summed E-state index contributed by atoms with van der Waals surface area (Å²) in [6.07, 6.45) is 0.406. The van der Waals surface area contributed by atoms with Gasteiger partial charge in [-0.25, -0.2) is 0 Å². The number of ketones is 1. The smallest absolute Gasteiger partial charge is 0.164 e. The summed E-state index contributed by atoms with van der Waals surface area (Å²) in [6, 6.07) is 3.68. The van der Waals surface area contributed by atoms with Crippen LogP contribution in [0.3, 0.4) is 0 Å². The van der Waals surface area contributed by atoms with Crippen molar-refractivity contribution in [1.29, 1.82) is 0 Å². The lowest BCUT2D eigenvalue weighted by Crippen LogP contribution is -2.15. The van der Waals surface area contributed by atoms with Gasteiger partial charge >= 0.3 is 0 Å². The molecule has 0 radical (unpaired) electrons. The molecular weight excluding hydrogens is 236 g/mol. The second kappa shape index (κ2) is 5.07. The van der Waals surface area contributed by atoms with Gasteiger partial charge in [-0.2, -0.15) is 0 Å². The summed E-state index contributed by atoms with van der Waals surface area (Å²) in [7, 11) is 0. The molecule has 82 valence electrons. The first kappa shape index (κ1) is 11.1. The molecule has 0 aromatic carbocycles. The summed E-state index contributed by atoms with van der Waals surface area (Å²) in [5, 5.41) is 0. The van der Waals surface area contributed by atoms with E-state index in [1.807, 2.05) is 6.07 Å². The molecule has 15 heavy (non-hydrogen) atoms. The van der Waals surface area contributed by atoms with Gasteiger partial charge in [0.15, 0.2) is 6.29 Å². The van der Waals surface area contributed by atoms with Crippen LogP contribution in [0, 0.1) is 0 Å². The summed E-state index contributed by atoms with van der Waals surface area (Å²) in [6.45, 7) is 1.17. The minimum atomic E-state index is -0.340. The fourth-order valence-corrected chi connectivity index (χ4v) is 2.54. The van der Waals surface area contributed by atoms with Crippen molar-refractivity contribution in [3.05, 3.63) is 21.3 Å². The molecule has 0 amide bonds. The molecular formula is C10H11ClO3S. The van der Waals surface area contributed by atoms with Gasteiger partial charge in [-0.15, -0.1) is 11.3 Å². The number of ether oxygens (including phenoxy) is 2. The summed E-state index contributed by atoms with van der Waals surface area (Å²) in [4.78, 5) is 12.6. The van der Waals surface area contributed by atoms with Gasteiger partial charge < -0.3 is 9.47 Å². The Morgan fingerprint density at radius 1 is 1.47 bits per heavy atom. The maximum Gasteiger partial charge on any atom is 0.164 e. The Hall–Kier alpha value is -0.420. The van der Waals surface area contributed by atoms with E-state index in [2.05, 4.69) is 0 Å². The highest BCUT2D eigenvalue weighted by Crippen LogP contribution is 2.22. The van der Waals surface area contributed by atoms with Crippen LogP contribution in [0.4, 0.5) is 0 Å². The molecule has 1 aliphatic heterocycles. The summed E-state index contributed by atoms with van der Waals surface area (Å²) >= 11 is 7.21. The number of thiophene rings is 1. The molecule has 1 aliphatic rings. The molecule has 0 unspecified atom stereocenters. The average Bonchev–Trinajstić information content (AvgIpc) is 2.77. The number of hydrogen-bond acceptors (Lipinski definition) is 4. The normalized spacial score (nSPS) is 17.1.